The van der Waals surface area contributed by atoms with E-state index < -0.39 is 0 Å². The van der Waals surface area contributed by atoms with Crippen molar-refractivity contribution in [1.82, 2.24) is 0 Å². The lowest BCUT2D eigenvalue weighted by Gasteiger charge is -2.26. The third kappa shape index (κ3) is 3.52. The molecule has 1 fully saturated rings. The van der Waals surface area contributed by atoms with Gasteiger partial charge in [0, 0.05) is 6.08 Å². The van der Waals surface area contributed by atoms with E-state index in [0.29, 0.717) is 5.92 Å². The number of allylic oxidation sites excluding steroid dienone is 1. The van der Waals surface area contributed by atoms with Gasteiger partial charge in [-0.25, -0.2) is 4.79 Å². The summed E-state index contributed by atoms with van der Waals surface area (Å²) in [5, 5.41) is 0. The molecule has 0 saturated heterocycles. The molecule has 0 radical (unpaired) electrons. The molecule has 1 saturated carbocycles. The minimum absolute atomic E-state index is 0.0824. The van der Waals surface area contributed by atoms with E-state index in [-0.39, 0.29) is 12.1 Å². The fraction of sp³-hybridized carbons (Fsp3) is 0.750. The van der Waals surface area contributed by atoms with Crippen LogP contribution in [0.5, 0.6) is 0 Å². The lowest BCUT2D eigenvalue weighted by Crippen LogP contribution is -2.25. The molecule has 1 atom stereocenters. The Morgan fingerprint density at radius 3 is 2.57 bits per heavy atom. The summed E-state index contributed by atoms with van der Waals surface area (Å²) in [7, 11) is 0. The molecule has 0 aliphatic heterocycles. The van der Waals surface area contributed by atoms with Crippen molar-refractivity contribution in [2.24, 2.45) is 5.92 Å². The molecule has 0 aromatic carbocycles. The van der Waals surface area contributed by atoms with Gasteiger partial charge in [0.2, 0.25) is 0 Å². The fourth-order valence-electron chi connectivity index (χ4n) is 2.06. The van der Waals surface area contributed by atoms with Gasteiger partial charge in [-0.2, -0.15) is 0 Å². The van der Waals surface area contributed by atoms with E-state index in [9.17, 15) is 4.79 Å². The standard InChI is InChI=1S/C12H20O2/c1-3-7-12(13)14-10(2)11-8-5-4-6-9-11/h3,7,10-11H,4-6,8-9H2,1-2H3/b7-3-. The lowest BCUT2D eigenvalue weighted by atomic mass is 9.86. The first-order valence-electron chi connectivity index (χ1n) is 5.57. The van der Waals surface area contributed by atoms with Crippen molar-refractivity contribution in [3.05, 3.63) is 12.2 Å². The summed E-state index contributed by atoms with van der Waals surface area (Å²) < 4.78 is 5.30. The van der Waals surface area contributed by atoms with E-state index in [1.54, 1.807) is 6.08 Å². The molecular formula is C12H20O2. The Morgan fingerprint density at radius 2 is 2.00 bits per heavy atom. The van der Waals surface area contributed by atoms with Gasteiger partial charge in [-0.05, 0) is 32.6 Å². The summed E-state index contributed by atoms with van der Waals surface area (Å²) in [6, 6.07) is 0. The maximum absolute atomic E-state index is 11.2. The number of hydrogen-bond acceptors (Lipinski definition) is 2. The summed E-state index contributed by atoms with van der Waals surface area (Å²) in [6.07, 6.45) is 9.63. The lowest BCUT2D eigenvalue weighted by molar-refractivity contribution is -0.145. The van der Waals surface area contributed by atoms with E-state index >= 15 is 0 Å². The second-order valence-corrected chi connectivity index (χ2v) is 4.04. The van der Waals surface area contributed by atoms with Crippen LogP contribution < -0.4 is 0 Å². The first kappa shape index (κ1) is 11.3. The van der Waals surface area contributed by atoms with Crippen molar-refractivity contribution in [2.75, 3.05) is 0 Å². The minimum atomic E-state index is -0.203. The smallest absolute Gasteiger partial charge is 0.330 e. The van der Waals surface area contributed by atoms with Crippen LogP contribution in [0.4, 0.5) is 0 Å². The van der Waals surface area contributed by atoms with Crippen molar-refractivity contribution in [2.45, 2.75) is 52.1 Å². The molecular weight excluding hydrogens is 176 g/mol. The summed E-state index contributed by atoms with van der Waals surface area (Å²) >= 11 is 0. The Hall–Kier alpha value is -0.790. The highest BCUT2D eigenvalue weighted by Gasteiger charge is 2.22. The van der Waals surface area contributed by atoms with Gasteiger partial charge in [-0.1, -0.05) is 25.3 Å². The zero-order chi connectivity index (χ0) is 10.4. The Morgan fingerprint density at radius 1 is 1.36 bits per heavy atom. The highest BCUT2D eigenvalue weighted by molar-refractivity contribution is 5.81. The van der Waals surface area contributed by atoms with Crippen molar-refractivity contribution >= 4 is 5.97 Å². The quantitative estimate of drug-likeness (QED) is 0.512. The van der Waals surface area contributed by atoms with E-state index in [1.165, 1.54) is 38.2 Å². The molecule has 0 aromatic rings. The molecule has 1 aliphatic rings. The third-order valence-corrected chi connectivity index (χ3v) is 2.92. The van der Waals surface area contributed by atoms with Gasteiger partial charge < -0.3 is 4.74 Å². The maximum atomic E-state index is 11.2. The van der Waals surface area contributed by atoms with Gasteiger partial charge in [-0.15, -0.1) is 0 Å². The summed E-state index contributed by atoms with van der Waals surface area (Å²) in [5.41, 5.74) is 0. The van der Waals surface area contributed by atoms with Gasteiger partial charge in [0.05, 0.1) is 0 Å². The van der Waals surface area contributed by atoms with Gasteiger partial charge in [-0.3, -0.25) is 0 Å². The molecule has 0 N–H and O–H groups in total. The SMILES string of the molecule is C/C=C\C(=O)OC(C)C1CCCCC1. The first-order valence-corrected chi connectivity index (χ1v) is 5.57. The number of rotatable bonds is 3. The Bertz CT molecular complexity index is 202. The predicted octanol–water partition coefficient (Wildman–Crippen LogP) is 3.07. The largest absolute Gasteiger partial charge is 0.459 e. The minimum Gasteiger partial charge on any atom is -0.459 e. The molecule has 14 heavy (non-hydrogen) atoms. The average Bonchev–Trinajstić information content (AvgIpc) is 2.19. The van der Waals surface area contributed by atoms with E-state index in [1.807, 2.05) is 13.8 Å². The van der Waals surface area contributed by atoms with Crippen LogP contribution in [-0.4, -0.2) is 12.1 Å². The number of carbonyl (C=O) groups is 1. The normalized spacial score (nSPS) is 21.0. The van der Waals surface area contributed by atoms with Gasteiger partial charge >= 0.3 is 5.97 Å². The highest BCUT2D eigenvalue weighted by atomic mass is 16.5. The maximum Gasteiger partial charge on any atom is 0.330 e. The summed E-state index contributed by atoms with van der Waals surface area (Å²) in [5.74, 6) is 0.378. The van der Waals surface area contributed by atoms with Crippen LogP contribution in [0.15, 0.2) is 12.2 Å². The molecule has 0 amide bonds. The second-order valence-electron chi connectivity index (χ2n) is 4.04. The molecule has 1 aliphatic carbocycles. The molecule has 80 valence electrons. The van der Waals surface area contributed by atoms with E-state index in [2.05, 4.69) is 0 Å². The highest BCUT2D eigenvalue weighted by Crippen LogP contribution is 2.27. The molecule has 1 rings (SSSR count). The molecule has 0 bridgehead atoms. The number of esters is 1. The van der Waals surface area contributed by atoms with Crippen molar-refractivity contribution in [1.29, 1.82) is 0 Å². The zero-order valence-corrected chi connectivity index (χ0v) is 9.16. The van der Waals surface area contributed by atoms with Gasteiger partial charge in [0.15, 0.2) is 0 Å². The molecule has 0 spiro atoms. The van der Waals surface area contributed by atoms with Crippen LogP contribution in [0, 0.1) is 5.92 Å². The molecule has 2 nitrogen and oxygen atoms in total. The first-order chi connectivity index (χ1) is 6.74. The Labute approximate surface area is 86.3 Å². The van der Waals surface area contributed by atoms with Crippen molar-refractivity contribution < 1.29 is 9.53 Å². The molecule has 2 heteroatoms. The molecule has 1 unspecified atom stereocenters. The van der Waals surface area contributed by atoms with E-state index in [4.69, 9.17) is 4.74 Å². The second kappa shape index (κ2) is 5.84. The zero-order valence-electron chi connectivity index (χ0n) is 9.16. The fourth-order valence-corrected chi connectivity index (χ4v) is 2.06. The number of hydrogen-bond donors (Lipinski definition) is 0. The number of ether oxygens (including phenoxy) is 1. The van der Waals surface area contributed by atoms with Gasteiger partial charge in [0.1, 0.15) is 6.10 Å². The Balaban J connectivity index is 2.32. The summed E-state index contributed by atoms with van der Waals surface area (Å²) in [4.78, 5) is 11.2. The topological polar surface area (TPSA) is 26.3 Å². The van der Waals surface area contributed by atoms with Crippen LogP contribution in [0.3, 0.4) is 0 Å². The summed E-state index contributed by atoms with van der Waals surface area (Å²) in [6.45, 7) is 3.84. The van der Waals surface area contributed by atoms with E-state index in [0.717, 1.165) is 0 Å². The van der Waals surface area contributed by atoms with Crippen molar-refractivity contribution in [3.8, 4) is 0 Å². The Kier molecular flexibility index (Phi) is 4.71. The molecule has 0 aromatic heterocycles. The van der Waals surface area contributed by atoms with Crippen LogP contribution in [0.1, 0.15) is 46.0 Å². The van der Waals surface area contributed by atoms with Gasteiger partial charge in [0.25, 0.3) is 0 Å². The van der Waals surface area contributed by atoms with Crippen LogP contribution in [-0.2, 0) is 9.53 Å². The molecule has 0 heterocycles. The van der Waals surface area contributed by atoms with Crippen LogP contribution in [0.2, 0.25) is 0 Å². The third-order valence-electron chi connectivity index (χ3n) is 2.92. The average molecular weight is 196 g/mol. The monoisotopic (exact) mass is 196 g/mol. The van der Waals surface area contributed by atoms with Crippen LogP contribution in [0.25, 0.3) is 0 Å². The number of carbonyl (C=O) groups excluding carboxylic acids is 1. The van der Waals surface area contributed by atoms with Crippen molar-refractivity contribution in [3.63, 3.8) is 0 Å². The predicted molar refractivity (Wildman–Crippen MR) is 56.9 cm³/mol. The van der Waals surface area contributed by atoms with Crippen LogP contribution >= 0.6 is 0 Å².